The molecule has 0 unspecified atom stereocenters. The fraction of sp³-hybridized carbons (Fsp3) is 0. The molecule has 0 aromatic heterocycles. The van der Waals surface area contributed by atoms with Crippen LogP contribution in [0, 0.1) is 35.8 Å². The lowest BCUT2D eigenvalue weighted by Gasteiger charge is -1.65. The van der Waals surface area contributed by atoms with E-state index in [0.29, 0.717) is 0 Å². The van der Waals surface area contributed by atoms with Crippen LogP contribution < -0.4 is 15.9 Å². The lowest BCUT2D eigenvalue weighted by atomic mass is 10.3. The van der Waals surface area contributed by atoms with Crippen molar-refractivity contribution in [3.63, 3.8) is 0 Å². The summed E-state index contributed by atoms with van der Waals surface area (Å²) in [6, 6.07) is 3.07. The summed E-state index contributed by atoms with van der Waals surface area (Å²) in [5.41, 5.74) is -0.889. The molecule has 0 aliphatic rings. The maximum atomic E-state index is 11.0. The Bertz CT molecular complexity index is 596. The minimum atomic E-state index is -0.551. The zero-order valence-corrected chi connectivity index (χ0v) is 6.70. The first-order chi connectivity index (χ1) is 6.71. The Morgan fingerprint density at radius 2 is 1.64 bits per heavy atom. The average molecular weight is 180 g/mol. The van der Waals surface area contributed by atoms with Gasteiger partial charge in [0.15, 0.2) is 5.43 Å². The molecule has 1 aromatic carbocycles. The highest BCUT2D eigenvalue weighted by Gasteiger charge is 2.22. The smallest absolute Gasteiger partial charge is 0.290 e. The van der Waals surface area contributed by atoms with Crippen molar-refractivity contribution >= 4 is 11.4 Å². The Labute approximate surface area is 78.4 Å². The number of hydrogen-bond donors (Lipinski definition) is 0. The third kappa shape index (κ3) is 1.12. The monoisotopic (exact) mass is 180 g/mol. The minimum absolute atomic E-state index is 0.0861. The molecule has 0 N–H and O–H groups in total. The number of nitrogens with zero attached hydrogens (tertiary/aromatic N) is 4. The maximum Gasteiger partial charge on any atom is 0.531 e. The van der Waals surface area contributed by atoms with Crippen LogP contribution in [0.25, 0.3) is 21.1 Å². The van der Waals surface area contributed by atoms with E-state index < -0.39 is 5.43 Å². The first-order valence-electron chi connectivity index (χ1n) is 3.30. The zero-order valence-electron chi connectivity index (χ0n) is 6.70. The van der Waals surface area contributed by atoms with Gasteiger partial charge in [0.25, 0.3) is 0 Å². The molecule has 5 heteroatoms. The third-order valence-corrected chi connectivity index (χ3v) is 1.55. The first kappa shape index (κ1) is 9.20. The molecule has 0 aliphatic heterocycles. The molecule has 1 rings (SSSR count). The average Bonchev–Trinajstić information content (AvgIpc) is 2.83. The topological polar surface area (TPSA) is 73.4 Å². The normalized spacial score (nSPS) is 8.00. The van der Waals surface area contributed by atoms with E-state index in [9.17, 15) is 4.79 Å². The van der Waals surface area contributed by atoms with Crippen LogP contribution in [0.3, 0.4) is 0 Å². The molecule has 0 atom stereocenters. The summed E-state index contributed by atoms with van der Waals surface area (Å²) in [4.78, 5) is 16.7. The molecule has 0 radical (unpaired) electrons. The van der Waals surface area contributed by atoms with Crippen LogP contribution in [0.5, 0.6) is 0 Å². The van der Waals surface area contributed by atoms with Crippen molar-refractivity contribution in [2.24, 2.45) is 0 Å². The van der Waals surface area contributed by atoms with E-state index in [1.807, 2.05) is 0 Å². The second kappa shape index (κ2) is 3.23. The Hall–Kier alpha value is -2.89. The van der Waals surface area contributed by atoms with Crippen molar-refractivity contribution in [3.05, 3.63) is 43.5 Å². The summed E-state index contributed by atoms with van der Waals surface area (Å²) in [5.74, 6) is -0.381. The van der Waals surface area contributed by atoms with Gasteiger partial charge < -0.3 is 0 Å². The van der Waals surface area contributed by atoms with Gasteiger partial charge in [-0.15, -0.1) is 0 Å². The van der Waals surface area contributed by atoms with Gasteiger partial charge >= 0.3 is 5.82 Å². The van der Waals surface area contributed by atoms with Crippen LogP contribution in [-0.4, -0.2) is 0 Å². The third-order valence-electron chi connectivity index (χ3n) is 1.55. The van der Waals surface area contributed by atoms with Crippen LogP contribution in [-0.2, 0) is 0 Å². The van der Waals surface area contributed by atoms with Gasteiger partial charge in [-0.3, -0.25) is 4.79 Å². The van der Waals surface area contributed by atoms with Gasteiger partial charge in [0.1, 0.15) is 36.1 Å². The van der Waals surface area contributed by atoms with Gasteiger partial charge in [-0.2, -0.15) is 20.2 Å². The number of rotatable bonds is 0. The molecule has 0 aliphatic carbocycles. The fourth-order valence-electron chi connectivity index (χ4n) is 0.896. The summed E-state index contributed by atoms with van der Waals surface area (Å²) in [6.45, 7) is 13.2. The first-order valence-corrected chi connectivity index (χ1v) is 3.30. The molecule has 0 saturated carbocycles. The van der Waals surface area contributed by atoms with Gasteiger partial charge in [0.05, 0.1) is 5.22 Å². The quantitative estimate of drug-likeness (QED) is 0.482. The summed E-state index contributed by atoms with van der Waals surface area (Å²) in [7, 11) is 0. The summed E-state index contributed by atoms with van der Waals surface area (Å²) in [6.07, 6.45) is 0. The van der Waals surface area contributed by atoms with Crippen molar-refractivity contribution in [2.75, 3.05) is 0 Å². The van der Waals surface area contributed by atoms with Gasteiger partial charge in [-0.25, -0.2) is 0 Å². The van der Waals surface area contributed by atoms with E-state index in [4.69, 9.17) is 23.7 Å². The molecule has 0 saturated heterocycles. The largest absolute Gasteiger partial charge is 0.531 e. The van der Waals surface area contributed by atoms with Crippen molar-refractivity contribution in [1.29, 1.82) is 10.5 Å². The van der Waals surface area contributed by atoms with E-state index in [1.165, 1.54) is 12.1 Å². The standard InChI is InChI=1S/C9N4O/c1-12-9(13-2)7-6(8(7)14)5(3-10)4-11. The molecule has 62 valence electrons. The second-order valence-electron chi connectivity index (χ2n) is 2.22. The Morgan fingerprint density at radius 1 is 1.14 bits per heavy atom. The lowest BCUT2D eigenvalue weighted by molar-refractivity contribution is 1.51. The van der Waals surface area contributed by atoms with Gasteiger partial charge in [-0.05, 0) is 0 Å². The molecule has 0 spiro atoms. The molecule has 0 fully saturated rings. The van der Waals surface area contributed by atoms with Crippen LogP contribution in [0.2, 0.25) is 0 Å². The van der Waals surface area contributed by atoms with Crippen molar-refractivity contribution < 1.29 is 0 Å². The fourth-order valence-corrected chi connectivity index (χ4v) is 0.896. The zero-order chi connectivity index (χ0) is 10.7. The minimum Gasteiger partial charge on any atom is -0.290 e. The highest BCUT2D eigenvalue weighted by molar-refractivity contribution is 5.76. The number of hydrogen-bond acceptors (Lipinski definition) is 3. The second-order valence-corrected chi connectivity index (χ2v) is 2.22. The molecule has 0 amide bonds. The van der Waals surface area contributed by atoms with Gasteiger partial charge in [-0.1, -0.05) is 0 Å². The van der Waals surface area contributed by atoms with E-state index in [-0.39, 0.29) is 21.8 Å². The molecule has 0 bridgehead atoms. The van der Waals surface area contributed by atoms with Crippen molar-refractivity contribution in [3.8, 4) is 12.1 Å². The van der Waals surface area contributed by atoms with Crippen LogP contribution in [0.15, 0.2) is 4.79 Å². The molecular weight excluding hydrogens is 180 g/mol. The predicted molar refractivity (Wildman–Crippen MR) is 45.6 cm³/mol. The molecule has 5 nitrogen and oxygen atoms in total. The van der Waals surface area contributed by atoms with E-state index in [0.717, 1.165) is 0 Å². The molecule has 1 aromatic rings. The SMILES string of the molecule is [C-]#[N+]C([N+]#[C-])=c1c(=O)c1=C(C#N)C#N. The Morgan fingerprint density at radius 3 is 2.00 bits per heavy atom. The highest BCUT2D eigenvalue weighted by atomic mass is 16.1. The van der Waals surface area contributed by atoms with E-state index in [2.05, 4.69) is 9.69 Å². The van der Waals surface area contributed by atoms with E-state index >= 15 is 0 Å². The van der Waals surface area contributed by atoms with Gasteiger partial charge in [0, 0.05) is 0 Å². The van der Waals surface area contributed by atoms with Crippen molar-refractivity contribution in [1.82, 2.24) is 0 Å². The molecule has 0 heterocycles. The maximum absolute atomic E-state index is 11.0. The van der Waals surface area contributed by atoms with Crippen LogP contribution >= 0.6 is 0 Å². The summed E-state index contributed by atoms with van der Waals surface area (Å²) >= 11 is 0. The van der Waals surface area contributed by atoms with Gasteiger partial charge in [0.2, 0.25) is 0 Å². The summed E-state index contributed by atoms with van der Waals surface area (Å²) in [5, 5.41) is 16.7. The predicted octanol–water partition coefficient (Wildman–Crippen LogP) is -0.975. The van der Waals surface area contributed by atoms with Crippen LogP contribution in [0.1, 0.15) is 0 Å². The summed E-state index contributed by atoms with van der Waals surface area (Å²) < 4.78 is 0. The number of nitriles is 2. The highest BCUT2D eigenvalue weighted by Crippen LogP contribution is 1.93. The van der Waals surface area contributed by atoms with Crippen molar-refractivity contribution in [2.45, 2.75) is 0 Å². The van der Waals surface area contributed by atoms with Crippen LogP contribution in [0.4, 0.5) is 0 Å². The Kier molecular flexibility index (Phi) is 2.12. The molecular formula is C9N4O. The lowest BCUT2D eigenvalue weighted by Crippen LogP contribution is -2.02. The van der Waals surface area contributed by atoms with E-state index in [1.54, 1.807) is 0 Å². The Balaban J connectivity index is 3.80. The molecule has 14 heavy (non-hydrogen) atoms.